The van der Waals surface area contributed by atoms with Crippen molar-refractivity contribution in [1.29, 1.82) is 0 Å². The van der Waals surface area contributed by atoms with Crippen LogP contribution in [0.25, 0.3) is 27.0 Å². The first-order chi connectivity index (χ1) is 16.8. The van der Waals surface area contributed by atoms with E-state index in [1.807, 2.05) is 13.8 Å². The van der Waals surface area contributed by atoms with Crippen LogP contribution in [0, 0.1) is 6.92 Å². The molecule has 35 heavy (non-hydrogen) atoms. The number of pyridine rings is 1. The van der Waals surface area contributed by atoms with E-state index in [1.54, 1.807) is 29.3 Å². The molecule has 13 heteroatoms. The number of anilines is 1. The van der Waals surface area contributed by atoms with Gasteiger partial charge in [0, 0.05) is 41.6 Å². The second kappa shape index (κ2) is 8.51. The van der Waals surface area contributed by atoms with Gasteiger partial charge in [-0.15, -0.1) is 11.3 Å². The predicted molar refractivity (Wildman–Crippen MR) is 126 cm³/mol. The molecule has 0 spiro atoms. The molecule has 0 aromatic carbocycles. The molecule has 0 aliphatic rings. The minimum Gasteiger partial charge on any atom is -0.365 e. The van der Waals surface area contributed by atoms with Crippen LogP contribution in [0.3, 0.4) is 0 Å². The monoisotopic (exact) mass is 496 g/mol. The highest BCUT2D eigenvalue weighted by Gasteiger charge is 2.27. The summed E-state index contributed by atoms with van der Waals surface area (Å²) >= 11 is 0.834. The molecular formula is C22H18F2N8O2S. The Hall–Kier alpha value is -4.26. The fourth-order valence-corrected chi connectivity index (χ4v) is 4.90. The standard InChI is InChI=1S/C22H18F2N8O2S/c1-3-31-10(2)12(9-27-31)11-7-13(19(23)24)28-22-16(11)17(18(35-22)20(25)33)29-21(34)14-8-15-26-5-4-6-32(15)30-14/h4-9,19H,3H2,1-2H3,(H2,25,33)(H,29,34). The molecule has 0 aliphatic carbocycles. The molecule has 5 aromatic heterocycles. The number of hydrogen-bond donors (Lipinski definition) is 2. The summed E-state index contributed by atoms with van der Waals surface area (Å²) in [6.45, 7) is 4.29. The van der Waals surface area contributed by atoms with Crippen LogP contribution in [0.1, 0.15) is 44.9 Å². The fourth-order valence-electron chi connectivity index (χ4n) is 3.88. The zero-order valence-corrected chi connectivity index (χ0v) is 19.3. The Morgan fingerprint density at radius 2 is 2.06 bits per heavy atom. The van der Waals surface area contributed by atoms with Crippen molar-refractivity contribution in [2.24, 2.45) is 5.73 Å². The maximum atomic E-state index is 13.7. The SMILES string of the molecule is CCn1ncc(-c2cc(C(F)F)nc3sc(C(N)=O)c(NC(=O)c4cc5ncccn5n4)c23)c1C. The van der Waals surface area contributed by atoms with E-state index in [9.17, 15) is 18.4 Å². The second-order valence-electron chi connectivity index (χ2n) is 7.61. The summed E-state index contributed by atoms with van der Waals surface area (Å²) in [5.41, 5.74) is 7.38. The predicted octanol–water partition coefficient (Wildman–Crippen LogP) is 3.82. The Morgan fingerprint density at radius 3 is 2.71 bits per heavy atom. The quantitative estimate of drug-likeness (QED) is 0.367. The van der Waals surface area contributed by atoms with Crippen molar-refractivity contribution in [3.63, 3.8) is 0 Å². The first-order valence-corrected chi connectivity index (χ1v) is 11.3. The smallest absolute Gasteiger partial charge is 0.280 e. The van der Waals surface area contributed by atoms with Gasteiger partial charge < -0.3 is 11.1 Å². The third-order valence-corrected chi connectivity index (χ3v) is 6.63. The van der Waals surface area contributed by atoms with Gasteiger partial charge in [0.25, 0.3) is 18.2 Å². The third-order valence-electron chi connectivity index (χ3n) is 5.53. The largest absolute Gasteiger partial charge is 0.365 e. The van der Waals surface area contributed by atoms with Gasteiger partial charge in [0.1, 0.15) is 15.4 Å². The highest BCUT2D eigenvalue weighted by Crippen LogP contribution is 2.43. The minimum atomic E-state index is -2.85. The van der Waals surface area contributed by atoms with Crippen LogP contribution in [0.15, 0.2) is 36.8 Å². The summed E-state index contributed by atoms with van der Waals surface area (Å²) in [5, 5.41) is 11.5. The van der Waals surface area contributed by atoms with Crippen molar-refractivity contribution in [2.45, 2.75) is 26.8 Å². The number of carbonyl (C=O) groups excluding carboxylic acids is 2. The lowest BCUT2D eigenvalue weighted by Gasteiger charge is -2.10. The van der Waals surface area contributed by atoms with Crippen molar-refractivity contribution in [3.05, 3.63) is 58.7 Å². The average Bonchev–Trinajstić information content (AvgIpc) is 3.53. The molecule has 178 valence electrons. The van der Waals surface area contributed by atoms with Crippen LogP contribution in [-0.2, 0) is 6.54 Å². The van der Waals surface area contributed by atoms with Gasteiger partial charge in [-0.2, -0.15) is 10.2 Å². The number of aromatic nitrogens is 6. The summed E-state index contributed by atoms with van der Waals surface area (Å²) in [6, 6.07) is 4.40. The molecule has 0 saturated carbocycles. The summed E-state index contributed by atoms with van der Waals surface area (Å²) < 4.78 is 30.6. The van der Waals surface area contributed by atoms with Gasteiger partial charge in [-0.3, -0.25) is 14.3 Å². The molecule has 0 radical (unpaired) electrons. The molecule has 3 N–H and O–H groups in total. The van der Waals surface area contributed by atoms with Crippen molar-refractivity contribution in [3.8, 4) is 11.1 Å². The second-order valence-corrected chi connectivity index (χ2v) is 8.61. The zero-order chi connectivity index (χ0) is 24.9. The van der Waals surface area contributed by atoms with Crippen LogP contribution in [-0.4, -0.2) is 41.2 Å². The molecular weight excluding hydrogens is 478 g/mol. The highest BCUT2D eigenvalue weighted by molar-refractivity contribution is 7.21. The third kappa shape index (κ3) is 3.79. The van der Waals surface area contributed by atoms with E-state index < -0.39 is 23.9 Å². The van der Waals surface area contributed by atoms with Gasteiger partial charge in [-0.05, 0) is 31.5 Å². The number of amides is 2. The van der Waals surface area contributed by atoms with Crippen molar-refractivity contribution < 1.29 is 18.4 Å². The van der Waals surface area contributed by atoms with Gasteiger partial charge in [0.2, 0.25) is 0 Å². The summed E-state index contributed by atoms with van der Waals surface area (Å²) in [7, 11) is 0. The van der Waals surface area contributed by atoms with Crippen LogP contribution < -0.4 is 11.1 Å². The maximum Gasteiger partial charge on any atom is 0.280 e. The molecule has 10 nitrogen and oxygen atoms in total. The van der Waals surface area contributed by atoms with Crippen molar-refractivity contribution in [1.82, 2.24) is 29.4 Å². The lowest BCUT2D eigenvalue weighted by molar-refractivity contribution is 0.100. The number of nitrogens with one attached hydrogen (secondary N) is 1. The Labute approximate surface area is 200 Å². The first-order valence-electron chi connectivity index (χ1n) is 10.5. The molecule has 0 saturated heterocycles. The summed E-state index contributed by atoms with van der Waals surface area (Å²) in [6.07, 6.45) is 1.91. The molecule has 5 heterocycles. The number of nitrogens with zero attached hydrogens (tertiary/aromatic N) is 6. The van der Waals surface area contributed by atoms with Gasteiger partial charge in [-0.25, -0.2) is 23.3 Å². The van der Waals surface area contributed by atoms with E-state index in [0.717, 1.165) is 17.0 Å². The number of fused-ring (bicyclic) bond motifs is 2. The van der Waals surface area contributed by atoms with E-state index in [-0.39, 0.29) is 21.1 Å². The number of rotatable bonds is 6. The fraction of sp³-hybridized carbons (Fsp3) is 0.182. The Morgan fingerprint density at radius 1 is 1.26 bits per heavy atom. The van der Waals surface area contributed by atoms with E-state index in [0.29, 0.717) is 28.7 Å². The number of primary amides is 1. The number of halogens is 2. The number of carbonyl (C=O) groups is 2. The topological polar surface area (TPSA) is 133 Å². The first kappa shape index (κ1) is 22.5. The Balaban J connectivity index is 1.72. The normalized spacial score (nSPS) is 11.6. The maximum absolute atomic E-state index is 13.7. The van der Waals surface area contributed by atoms with Crippen LogP contribution >= 0.6 is 11.3 Å². The number of thiophene rings is 1. The molecule has 0 atom stereocenters. The molecule has 0 fully saturated rings. The van der Waals surface area contributed by atoms with E-state index >= 15 is 0 Å². The van der Waals surface area contributed by atoms with Crippen LogP contribution in [0.4, 0.5) is 14.5 Å². The van der Waals surface area contributed by atoms with E-state index in [2.05, 4.69) is 25.5 Å². The van der Waals surface area contributed by atoms with Gasteiger partial charge in [0.15, 0.2) is 11.3 Å². The average molecular weight is 497 g/mol. The van der Waals surface area contributed by atoms with Crippen LogP contribution in [0.5, 0.6) is 0 Å². The number of nitrogens with two attached hydrogens (primary N) is 1. The number of aryl methyl sites for hydroxylation is 1. The van der Waals surface area contributed by atoms with Gasteiger partial charge in [0.05, 0.1) is 11.9 Å². The number of alkyl halides is 2. The van der Waals surface area contributed by atoms with Gasteiger partial charge >= 0.3 is 0 Å². The zero-order valence-electron chi connectivity index (χ0n) is 18.5. The Kier molecular flexibility index (Phi) is 5.47. The molecule has 5 rings (SSSR count). The van der Waals surface area contributed by atoms with Gasteiger partial charge in [-0.1, -0.05) is 0 Å². The van der Waals surface area contributed by atoms with Crippen LogP contribution in [0.2, 0.25) is 0 Å². The molecule has 2 amide bonds. The molecule has 5 aromatic rings. The summed E-state index contributed by atoms with van der Waals surface area (Å²) in [4.78, 5) is 33.7. The molecule has 0 unspecified atom stereocenters. The summed E-state index contributed by atoms with van der Waals surface area (Å²) in [5.74, 6) is -1.45. The van der Waals surface area contributed by atoms with E-state index in [1.165, 1.54) is 16.6 Å². The number of hydrogen-bond acceptors (Lipinski definition) is 7. The van der Waals surface area contributed by atoms with E-state index in [4.69, 9.17) is 5.73 Å². The highest BCUT2D eigenvalue weighted by atomic mass is 32.1. The molecule has 0 bridgehead atoms. The lowest BCUT2D eigenvalue weighted by Crippen LogP contribution is -2.17. The minimum absolute atomic E-state index is 0.0176. The molecule has 0 aliphatic heterocycles. The lowest BCUT2D eigenvalue weighted by atomic mass is 10.0. The Bertz CT molecular complexity index is 1590. The van der Waals surface area contributed by atoms with Crippen molar-refractivity contribution >= 4 is 44.7 Å². The van der Waals surface area contributed by atoms with Crippen molar-refractivity contribution in [2.75, 3.05) is 5.32 Å².